The molecule has 0 spiro atoms. The number of hydrazone groups is 1. The third kappa shape index (κ3) is 6.47. The van der Waals surface area contributed by atoms with Gasteiger partial charge in [-0.25, -0.2) is 5.43 Å². The number of hydrogen-bond acceptors (Lipinski definition) is 3. The van der Waals surface area contributed by atoms with E-state index in [2.05, 4.69) is 29.6 Å². The van der Waals surface area contributed by atoms with Crippen LogP contribution < -0.4 is 10.2 Å². The van der Waals surface area contributed by atoms with Gasteiger partial charge in [-0.2, -0.15) is 5.10 Å². The quantitative estimate of drug-likeness (QED) is 0.438. The number of allylic oxidation sites excluding steroid dienone is 1. The van der Waals surface area contributed by atoms with E-state index in [1.807, 2.05) is 55.5 Å². The van der Waals surface area contributed by atoms with Gasteiger partial charge in [0.1, 0.15) is 12.4 Å². The Hall–Kier alpha value is -3.66. The maximum Gasteiger partial charge on any atom is 0.271 e. The second kappa shape index (κ2) is 10.0. The fourth-order valence-electron chi connectivity index (χ4n) is 2.66. The van der Waals surface area contributed by atoms with E-state index in [1.54, 1.807) is 30.5 Å². The van der Waals surface area contributed by atoms with Gasteiger partial charge < -0.3 is 4.74 Å². The highest BCUT2D eigenvalue weighted by Gasteiger charge is 2.04. The fraction of sp³-hybridized carbons (Fsp3) is 0.120. The zero-order valence-electron chi connectivity index (χ0n) is 16.6. The lowest BCUT2D eigenvalue weighted by Crippen LogP contribution is -2.17. The van der Waals surface area contributed by atoms with Gasteiger partial charge in [-0.1, -0.05) is 66.2 Å². The SMILES string of the molecule is CC(=C/c1ccccc1)/C=N/NC(=O)c1ccc(OCc2ccc(C)cc2)cc1. The maximum atomic E-state index is 12.2. The number of rotatable bonds is 7. The second-order valence-electron chi connectivity index (χ2n) is 6.80. The third-order valence-corrected chi connectivity index (χ3v) is 4.27. The standard InChI is InChI=1S/C25H24N2O2/c1-19-8-10-22(11-9-19)18-29-24-14-12-23(13-15-24)25(28)27-26-17-20(2)16-21-6-4-3-5-7-21/h3-17H,18H2,1-2H3,(H,27,28)/b20-16-,26-17+. The van der Waals surface area contributed by atoms with Crippen LogP contribution in [0.15, 0.2) is 89.5 Å². The highest BCUT2D eigenvalue weighted by Crippen LogP contribution is 2.15. The predicted molar refractivity (Wildman–Crippen MR) is 118 cm³/mol. The summed E-state index contributed by atoms with van der Waals surface area (Å²) in [5.41, 5.74) is 7.42. The summed E-state index contributed by atoms with van der Waals surface area (Å²) < 4.78 is 5.77. The molecule has 1 amide bonds. The summed E-state index contributed by atoms with van der Waals surface area (Å²) >= 11 is 0. The van der Waals surface area contributed by atoms with Crippen LogP contribution in [0, 0.1) is 6.92 Å². The number of benzene rings is 3. The fourth-order valence-corrected chi connectivity index (χ4v) is 2.66. The van der Waals surface area contributed by atoms with Crippen molar-refractivity contribution < 1.29 is 9.53 Å². The van der Waals surface area contributed by atoms with Gasteiger partial charge in [0, 0.05) is 5.56 Å². The van der Waals surface area contributed by atoms with Crippen LogP contribution in [0.5, 0.6) is 5.75 Å². The number of carbonyl (C=O) groups excluding carboxylic acids is 1. The molecule has 0 heterocycles. The van der Waals surface area contributed by atoms with Crippen LogP contribution in [-0.2, 0) is 6.61 Å². The Labute approximate surface area is 171 Å². The van der Waals surface area contributed by atoms with Crippen molar-refractivity contribution in [3.8, 4) is 5.75 Å². The van der Waals surface area contributed by atoms with E-state index in [0.717, 1.165) is 16.7 Å². The molecule has 29 heavy (non-hydrogen) atoms. The van der Waals surface area contributed by atoms with Gasteiger partial charge in [-0.3, -0.25) is 4.79 Å². The number of carbonyl (C=O) groups is 1. The third-order valence-electron chi connectivity index (χ3n) is 4.27. The monoisotopic (exact) mass is 384 g/mol. The summed E-state index contributed by atoms with van der Waals surface area (Å²) in [4.78, 5) is 12.2. The van der Waals surface area contributed by atoms with Crippen LogP contribution in [0.3, 0.4) is 0 Å². The molecule has 0 unspecified atom stereocenters. The number of hydrogen-bond donors (Lipinski definition) is 1. The van der Waals surface area contributed by atoms with E-state index < -0.39 is 0 Å². The van der Waals surface area contributed by atoms with Gasteiger partial charge in [0.05, 0.1) is 6.21 Å². The number of nitrogens with one attached hydrogen (secondary N) is 1. The van der Waals surface area contributed by atoms with Crippen molar-refractivity contribution in [1.29, 1.82) is 0 Å². The molecule has 0 bridgehead atoms. The van der Waals surface area contributed by atoms with Crippen LogP contribution in [-0.4, -0.2) is 12.1 Å². The molecule has 0 aromatic heterocycles. The summed E-state index contributed by atoms with van der Waals surface area (Å²) in [5.74, 6) is 0.450. The van der Waals surface area contributed by atoms with Crippen molar-refractivity contribution in [2.24, 2.45) is 5.10 Å². The highest BCUT2D eigenvalue weighted by atomic mass is 16.5. The second-order valence-corrected chi connectivity index (χ2v) is 6.80. The lowest BCUT2D eigenvalue weighted by atomic mass is 10.1. The molecule has 0 fully saturated rings. The zero-order valence-corrected chi connectivity index (χ0v) is 16.6. The Kier molecular flexibility index (Phi) is 6.95. The molecule has 0 atom stereocenters. The smallest absolute Gasteiger partial charge is 0.271 e. The van der Waals surface area contributed by atoms with Crippen molar-refractivity contribution in [1.82, 2.24) is 5.43 Å². The van der Waals surface area contributed by atoms with Gasteiger partial charge in [0.15, 0.2) is 0 Å². The zero-order chi connectivity index (χ0) is 20.5. The Morgan fingerprint density at radius 1 is 0.966 bits per heavy atom. The van der Waals surface area contributed by atoms with Gasteiger partial charge >= 0.3 is 0 Å². The lowest BCUT2D eigenvalue weighted by molar-refractivity contribution is 0.0955. The van der Waals surface area contributed by atoms with E-state index >= 15 is 0 Å². The first-order valence-electron chi connectivity index (χ1n) is 9.45. The van der Waals surface area contributed by atoms with Crippen LogP contribution in [0.4, 0.5) is 0 Å². The Morgan fingerprint density at radius 3 is 2.34 bits per heavy atom. The molecule has 146 valence electrons. The van der Waals surface area contributed by atoms with E-state index in [4.69, 9.17) is 4.74 Å². The molecule has 3 rings (SSSR count). The number of aryl methyl sites for hydroxylation is 1. The molecular weight excluding hydrogens is 360 g/mol. The van der Waals surface area contributed by atoms with Crippen LogP contribution in [0.1, 0.15) is 34.0 Å². The van der Waals surface area contributed by atoms with Crippen molar-refractivity contribution >= 4 is 18.2 Å². The molecule has 1 N–H and O–H groups in total. The van der Waals surface area contributed by atoms with Crippen LogP contribution in [0.2, 0.25) is 0 Å². The largest absolute Gasteiger partial charge is 0.489 e. The molecule has 0 aliphatic heterocycles. The van der Waals surface area contributed by atoms with E-state index in [1.165, 1.54) is 5.56 Å². The van der Waals surface area contributed by atoms with Gasteiger partial charge in [0.25, 0.3) is 5.91 Å². The first-order valence-corrected chi connectivity index (χ1v) is 9.45. The summed E-state index contributed by atoms with van der Waals surface area (Å²) in [7, 11) is 0. The predicted octanol–water partition coefficient (Wildman–Crippen LogP) is 5.39. The van der Waals surface area contributed by atoms with Crippen LogP contribution in [0.25, 0.3) is 6.08 Å². The molecular formula is C25H24N2O2. The molecule has 4 heteroatoms. The molecule has 3 aromatic carbocycles. The van der Waals surface area contributed by atoms with Crippen molar-refractivity contribution in [3.63, 3.8) is 0 Å². The molecule has 0 saturated heterocycles. The molecule has 0 saturated carbocycles. The average molecular weight is 384 g/mol. The first kappa shape index (κ1) is 20.1. The Bertz CT molecular complexity index is 989. The maximum absolute atomic E-state index is 12.2. The molecule has 0 aliphatic carbocycles. The molecule has 4 nitrogen and oxygen atoms in total. The lowest BCUT2D eigenvalue weighted by Gasteiger charge is -2.07. The van der Waals surface area contributed by atoms with E-state index in [0.29, 0.717) is 17.9 Å². The summed E-state index contributed by atoms with van der Waals surface area (Å²) in [5, 5.41) is 4.03. The summed E-state index contributed by atoms with van der Waals surface area (Å²) in [6, 6.07) is 25.2. The Morgan fingerprint density at radius 2 is 1.66 bits per heavy atom. The highest BCUT2D eigenvalue weighted by molar-refractivity contribution is 5.95. The van der Waals surface area contributed by atoms with Gasteiger partial charge in [-0.05, 0) is 54.8 Å². The van der Waals surface area contributed by atoms with E-state index in [9.17, 15) is 4.79 Å². The van der Waals surface area contributed by atoms with Gasteiger partial charge in [0.2, 0.25) is 0 Å². The summed E-state index contributed by atoms with van der Waals surface area (Å²) in [6.07, 6.45) is 3.62. The molecule has 0 aliphatic rings. The minimum absolute atomic E-state index is 0.265. The topological polar surface area (TPSA) is 50.7 Å². The van der Waals surface area contributed by atoms with Crippen molar-refractivity contribution in [2.75, 3.05) is 0 Å². The van der Waals surface area contributed by atoms with Gasteiger partial charge in [-0.15, -0.1) is 0 Å². The minimum atomic E-state index is -0.265. The Balaban J connectivity index is 1.50. The number of amides is 1. The molecule has 3 aromatic rings. The van der Waals surface area contributed by atoms with E-state index in [-0.39, 0.29) is 5.91 Å². The molecule has 0 radical (unpaired) electrons. The van der Waals surface area contributed by atoms with Crippen molar-refractivity contribution in [2.45, 2.75) is 20.5 Å². The number of nitrogens with zero attached hydrogens (tertiary/aromatic N) is 1. The normalized spacial score (nSPS) is 11.4. The minimum Gasteiger partial charge on any atom is -0.489 e. The number of ether oxygens (including phenoxy) is 1. The van der Waals surface area contributed by atoms with Crippen LogP contribution >= 0.6 is 0 Å². The van der Waals surface area contributed by atoms with Crippen molar-refractivity contribution in [3.05, 3.63) is 107 Å². The summed E-state index contributed by atoms with van der Waals surface area (Å²) in [6.45, 7) is 4.48. The first-order chi connectivity index (χ1) is 14.1. The average Bonchev–Trinajstić information content (AvgIpc) is 2.74.